The lowest BCUT2D eigenvalue weighted by atomic mass is 9.63. The van der Waals surface area contributed by atoms with Gasteiger partial charge in [-0.25, -0.2) is 4.79 Å². The number of esters is 1. The second-order valence-corrected chi connectivity index (χ2v) is 11.7. The van der Waals surface area contributed by atoms with Gasteiger partial charge in [-0.3, -0.25) is 0 Å². The largest absolute Gasteiger partial charge is 0.458 e. The van der Waals surface area contributed by atoms with Gasteiger partial charge in [-0.15, -0.1) is 0 Å². The monoisotopic (exact) mass is 484 g/mol. The summed E-state index contributed by atoms with van der Waals surface area (Å²) < 4.78 is 11.9. The zero-order valence-electron chi connectivity index (χ0n) is 21.9. The predicted octanol–water partition coefficient (Wildman–Crippen LogP) is 5.72. The smallest absolute Gasteiger partial charge is 0.332 e. The number of allylic oxidation sites excluding steroid dienone is 4. The number of ether oxygens (including phenoxy) is 2. The number of aliphatic hydroxyl groups excluding tert-OH is 2. The molecule has 4 aliphatic carbocycles. The molecule has 194 valence electrons. The fourth-order valence-corrected chi connectivity index (χ4v) is 6.94. The van der Waals surface area contributed by atoms with E-state index in [1.54, 1.807) is 0 Å². The third-order valence-electron chi connectivity index (χ3n) is 9.04. The van der Waals surface area contributed by atoms with E-state index in [2.05, 4.69) is 38.7 Å². The molecule has 0 aromatic carbocycles. The van der Waals surface area contributed by atoms with E-state index in [0.29, 0.717) is 18.8 Å². The molecule has 3 saturated carbocycles. The summed E-state index contributed by atoms with van der Waals surface area (Å²) in [4.78, 5) is 12.5. The normalized spacial score (nSPS) is 36.1. The Kier molecular flexibility index (Phi) is 8.09. The van der Waals surface area contributed by atoms with Gasteiger partial charge in [0.25, 0.3) is 0 Å². The maximum Gasteiger partial charge on any atom is 0.332 e. The molecule has 0 aromatic heterocycles. The van der Waals surface area contributed by atoms with E-state index in [9.17, 15) is 15.0 Å². The molecule has 0 saturated heterocycles. The Balaban J connectivity index is 1.38. The Morgan fingerprint density at radius 1 is 1.17 bits per heavy atom. The molecule has 3 fully saturated rings. The summed E-state index contributed by atoms with van der Waals surface area (Å²) in [6, 6.07) is 0. The van der Waals surface area contributed by atoms with Crippen LogP contribution in [0.2, 0.25) is 0 Å². The number of fused-ring (bicyclic) bond motifs is 1. The summed E-state index contributed by atoms with van der Waals surface area (Å²) in [5, 5.41) is 20.2. The van der Waals surface area contributed by atoms with Gasteiger partial charge in [0.2, 0.25) is 0 Å². The minimum Gasteiger partial charge on any atom is -0.458 e. The quantitative estimate of drug-likeness (QED) is 0.373. The van der Waals surface area contributed by atoms with Crippen molar-refractivity contribution in [3.63, 3.8) is 0 Å². The zero-order chi connectivity index (χ0) is 25.2. The van der Waals surface area contributed by atoms with Crippen molar-refractivity contribution < 1.29 is 24.5 Å². The first-order valence-corrected chi connectivity index (χ1v) is 13.6. The number of aliphatic hydroxyl groups is 2. The summed E-state index contributed by atoms with van der Waals surface area (Å²) in [6.07, 6.45) is 15.8. The molecule has 0 bridgehead atoms. The van der Waals surface area contributed by atoms with E-state index in [0.717, 1.165) is 62.5 Å². The topological polar surface area (TPSA) is 76.0 Å². The molecule has 0 aliphatic heterocycles. The van der Waals surface area contributed by atoms with Crippen LogP contribution in [0.1, 0.15) is 91.4 Å². The molecule has 5 atom stereocenters. The molecule has 0 heterocycles. The van der Waals surface area contributed by atoms with E-state index in [1.807, 2.05) is 6.92 Å². The van der Waals surface area contributed by atoms with Crippen LogP contribution >= 0.6 is 0 Å². The summed E-state index contributed by atoms with van der Waals surface area (Å²) in [6.45, 7) is 10.5. The van der Waals surface area contributed by atoms with Gasteiger partial charge in [0.1, 0.15) is 12.2 Å². The standard InChI is InChI=1S/C30H44O5/c1-20-23(17-24(31)18-27(20)32)11-10-22-9-8-16-30(4)25(12-13-26(22)30)21(2)34-19-28(33)35-29(3)14-6-5-7-15-29/h10-12,21,24,26-27,31-32H,1,5-9,13-19H2,2-4H3/t21-,24+,26-,27-,30+/m0/s1. The lowest BCUT2D eigenvalue weighted by molar-refractivity contribution is -0.167. The van der Waals surface area contributed by atoms with Crippen LogP contribution in [0.4, 0.5) is 0 Å². The first-order valence-electron chi connectivity index (χ1n) is 13.6. The van der Waals surface area contributed by atoms with Crippen molar-refractivity contribution >= 4 is 5.97 Å². The maximum absolute atomic E-state index is 12.5. The fraction of sp³-hybridized carbons (Fsp3) is 0.700. The average molecular weight is 485 g/mol. The van der Waals surface area contributed by atoms with Gasteiger partial charge in [-0.2, -0.15) is 0 Å². The molecule has 0 aromatic rings. The van der Waals surface area contributed by atoms with Crippen molar-refractivity contribution in [3.8, 4) is 0 Å². The van der Waals surface area contributed by atoms with Crippen LogP contribution in [0.15, 0.2) is 47.1 Å². The van der Waals surface area contributed by atoms with Gasteiger partial charge in [-0.1, -0.05) is 43.7 Å². The number of carbonyl (C=O) groups excluding carboxylic acids is 1. The highest BCUT2D eigenvalue weighted by Crippen LogP contribution is 2.55. The van der Waals surface area contributed by atoms with Gasteiger partial charge in [0.05, 0.1) is 18.3 Å². The van der Waals surface area contributed by atoms with Crippen molar-refractivity contribution in [2.45, 2.75) is 115 Å². The first-order chi connectivity index (χ1) is 16.6. The van der Waals surface area contributed by atoms with Crippen LogP contribution in [-0.4, -0.2) is 46.7 Å². The van der Waals surface area contributed by atoms with Crippen molar-refractivity contribution in [2.75, 3.05) is 6.61 Å². The minimum atomic E-state index is -0.662. The van der Waals surface area contributed by atoms with Gasteiger partial charge in [0, 0.05) is 6.42 Å². The van der Waals surface area contributed by atoms with Gasteiger partial charge in [-0.05, 0) is 99.7 Å². The Morgan fingerprint density at radius 3 is 2.66 bits per heavy atom. The highest BCUT2D eigenvalue weighted by Gasteiger charge is 2.46. The lowest BCUT2D eigenvalue weighted by Gasteiger charge is -2.42. The Morgan fingerprint density at radius 2 is 1.91 bits per heavy atom. The van der Waals surface area contributed by atoms with Crippen molar-refractivity contribution in [1.29, 1.82) is 0 Å². The summed E-state index contributed by atoms with van der Waals surface area (Å²) >= 11 is 0. The molecule has 4 rings (SSSR count). The third-order valence-corrected chi connectivity index (χ3v) is 9.04. The second kappa shape index (κ2) is 10.7. The third kappa shape index (κ3) is 5.84. The van der Waals surface area contributed by atoms with Crippen molar-refractivity contribution in [1.82, 2.24) is 0 Å². The average Bonchev–Trinajstić information content (AvgIpc) is 3.16. The molecule has 5 nitrogen and oxygen atoms in total. The highest BCUT2D eigenvalue weighted by atomic mass is 16.6. The van der Waals surface area contributed by atoms with E-state index in [4.69, 9.17) is 9.47 Å². The van der Waals surface area contributed by atoms with Crippen LogP contribution < -0.4 is 0 Å². The molecule has 0 amide bonds. The van der Waals surface area contributed by atoms with Crippen LogP contribution in [0.5, 0.6) is 0 Å². The van der Waals surface area contributed by atoms with Crippen LogP contribution in [0.25, 0.3) is 0 Å². The van der Waals surface area contributed by atoms with Gasteiger partial charge >= 0.3 is 5.97 Å². The lowest BCUT2D eigenvalue weighted by Crippen LogP contribution is -2.37. The van der Waals surface area contributed by atoms with Crippen LogP contribution in [0.3, 0.4) is 0 Å². The fourth-order valence-electron chi connectivity index (χ4n) is 6.94. The van der Waals surface area contributed by atoms with Crippen LogP contribution in [-0.2, 0) is 14.3 Å². The number of hydrogen-bond donors (Lipinski definition) is 2. The van der Waals surface area contributed by atoms with Gasteiger partial charge in [0.15, 0.2) is 0 Å². The van der Waals surface area contributed by atoms with Gasteiger partial charge < -0.3 is 19.7 Å². The molecular weight excluding hydrogens is 440 g/mol. The molecule has 0 spiro atoms. The van der Waals surface area contributed by atoms with Crippen molar-refractivity contribution in [3.05, 3.63) is 47.1 Å². The van der Waals surface area contributed by atoms with E-state index < -0.39 is 12.2 Å². The van der Waals surface area contributed by atoms with E-state index in [1.165, 1.54) is 17.6 Å². The van der Waals surface area contributed by atoms with Crippen molar-refractivity contribution in [2.24, 2.45) is 11.3 Å². The Bertz CT molecular complexity index is 906. The molecular formula is C30H44O5. The van der Waals surface area contributed by atoms with E-state index in [-0.39, 0.29) is 29.7 Å². The number of hydrogen-bond acceptors (Lipinski definition) is 5. The number of carbonyl (C=O) groups is 1. The van der Waals surface area contributed by atoms with Crippen LogP contribution in [0, 0.1) is 11.3 Å². The predicted molar refractivity (Wildman–Crippen MR) is 138 cm³/mol. The maximum atomic E-state index is 12.5. The Hall–Kier alpha value is -1.69. The molecule has 35 heavy (non-hydrogen) atoms. The van der Waals surface area contributed by atoms with E-state index >= 15 is 0 Å². The summed E-state index contributed by atoms with van der Waals surface area (Å²) in [5.74, 6) is 0.156. The number of rotatable bonds is 6. The Labute approximate surface area is 211 Å². The summed E-state index contributed by atoms with van der Waals surface area (Å²) in [7, 11) is 0. The molecule has 2 N–H and O–H groups in total. The molecule has 0 unspecified atom stereocenters. The summed E-state index contributed by atoms with van der Waals surface area (Å²) in [5.41, 5.74) is 4.07. The zero-order valence-corrected chi connectivity index (χ0v) is 21.9. The molecule has 0 radical (unpaired) electrons. The minimum absolute atomic E-state index is 0.00357. The highest BCUT2D eigenvalue weighted by molar-refractivity contribution is 5.71. The molecule has 4 aliphatic rings. The molecule has 5 heteroatoms. The SMILES string of the molecule is C=C1C(=CC=C2CCC[C@]3(C)C([C@H](C)OCC(=O)OC4(C)CCCCC4)=CC[C@@H]23)C[C@@H](O)C[C@@H]1O. The first kappa shape index (κ1) is 26.4. The second-order valence-electron chi connectivity index (χ2n) is 11.7.